The van der Waals surface area contributed by atoms with E-state index < -0.39 is 17.5 Å². The van der Waals surface area contributed by atoms with Crippen molar-refractivity contribution in [1.82, 2.24) is 30.3 Å². The molecular weight excluding hydrogens is 729 g/mol. The molecule has 6 aromatic rings. The molecule has 0 radical (unpaired) electrons. The number of halogens is 2. The fourth-order valence-corrected chi connectivity index (χ4v) is 8.22. The zero-order valence-corrected chi connectivity index (χ0v) is 30.7. The minimum atomic E-state index is -0.583. The van der Waals surface area contributed by atoms with Crippen molar-refractivity contribution in [3.8, 4) is 22.1 Å². The van der Waals surface area contributed by atoms with Gasteiger partial charge in [0, 0.05) is 47.9 Å². The third kappa shape index (κ3) is 7.26. The van der Waals surface area contributed by atoms with Crippen molar-refractivity contribution < 1.29 is 27.8 Å². The van der Waals surface area contributed by atoms with E-state index in [0.29, 0.717) is 69.3 Å². The molecule has 1 spiro atoms. The Labute approximate surface area is 317 Å². The maximum Gasteiger partial charge on any atom is 0.296 e. The quantitative estimate of drug-likeness (QED) is 0.163. The molecule has 12 nitrogen and oxygen atoms in total. The van der Waals surface area contributed by atoms with Crippen molar-refractivity contribution in [2.75, 3.05) is 25.5 Å². The van der Waals surface area contributed by atoms with Crippen molar-refractivity contribution in [3.05, 3.63) is 123 Å². The Morgan fingerprint density at radius 2 is 1.76 bits per heavy atom. The molecule has 2 amide bonds. The van der Waals surface area contributed by atoms with E-state index in [4.69, 9.17) is 9.47 Å². The van der Waals surface area contributed by atoms with Crippen molar-refractivity contribution in [2.45, 2.75) is 45.1 Å². The molecule has 8 rings (SSSR count). The smallest absolute Gasteiger partial charge is 0.296 e. The van der Waals surface area contributed by atoms with Crippen LogP contribution in [-0.2, 0) is 6.42 Å². The molecule has 1 aliphatic heterocycles. The van der Waals surface area contributed by atoms with Crippen LogP contribution in [0.1, 0.15) is 63.4 Å². The number of hydrogen-bond donors (Lipinski definition) is 2. The predicted molar refractivity (Wildman–Crippen MR) is 202 cm³/mol. The number of rotatable bonds is 9. The maximum atomic E-state index is 15.0. The number of nitrogens with one attached hydrogen (secondary N) is 2. The molecule has 0 bridgehead atoms. The number of methoxy groups -OCH3 is 1. The van der Waals surface area contributed by atoms with Gasteiger partial charge in [-0.2, -0.15) is 5.10 Å². The molecule has 3 aromatic heterocycles. The number of amides is 2. The summed E-state index contributed by atoms with van der Waals surface area (Å²) in [5.41, 5.74) is 2.82. The largest absolute Gasteiger partial charge is 0.496 e. The SMILES string of the molecule is COc1ccc(F)cc1-c1cc(C)ncc1C(=O)Nc1nnc(OC2CC3(CCN(C(=O)c4cc(Cc5n[nH]c(=O)c6ccccc56)ccc4F)CC3)C2)s1. The molecule has 1 saturated heterocycles. The second kappa shape index (κ2) is 14.6. The van der Waals surface area contributed by atoms with Crippen LogP contribution in [0.5, 0.6) is 10.9 Å². The first-order chi connectivity index (χ1) is 26.6. The second-order valence-electron chi connectivity index (χ2n) is 14.0. The number of carbonyl (C=O) groups excluding carboxylic acids is 2. The summed E-state index contributed by atoms with van der Waals surface area (Å²) in [6, 6.07) is 17.5. The molecule has 2 N–H and O–H groups in total. The average molecular weight is 764 g/mol. The lowest BCUT2D eigenvalue weighted by Crippen LogP contribution is -2.52. The first-order valence-electron chi connectivity index (χ1n) is 17.7. The van der Waals surface area contributed by atoms with Gasteiger partial charge in [-0.25, -0.2) is 13.9 Å². The van der Waals surface area contributed by atoms with E-state index in [0.717, 1.165) is 37.0 Å². The Kier molecular flexibility index (Phi) is 9.55. The van der Waals surface area contributed by atoms with E-state index in [9.17, 15) is 18.8 Å². The third-order valence-electron chi connectivity index (χ3n) is 10.5. The van der Waals surface area contributed by atoms with Crippen molar-refractivity contribution in [2.24, 2.45) is 5.41 Å². The molecule has 2 aliphatic rings. The number of pyridine rings is 1. The molecular formula is C40H35F2N7O5S. The summed E-state index contributed by atoms with van der Waals surface area (Å²) in [5, 5.41) is 19.5. The van der Waals surface area contributed by atoms with Gasteiger partial charge in [-0.3, -0.25) is 24.7 Å². The summed E-state index contributed by atoms with van der Waals surface area (Å²) < 4.78 is 40.8. The maximum absolute atomic E-state index is 15.0. The van der Waals surface area contributed by atoms with Gasteiger partial charge in [-0.05, 0) is 97.4 Å². The Hall–Kier alpha value is -6.09. The summed E-state index contributed by atoms with van der Waals surface area (Å²) in [4.78, 5) is 45.1. The highest BCUT2D eigenvalue weighted by Crippen LogP contribution is 2.51. The van der Waals surface area contributed by atoms with Gasteiger partial charge in [-0.1, -0.05) is 29.4 Å². The number of piperidine rings is 1. The molecule has 280 valence electrons. The van der Waals surface area contributed by atoms with Crippen LogP contribution in [0.15, 0.2) is 77.7 Å². The number of benzene rings is 3. The summed E-state index contributed by atoms with van der Waals surface area (Å²) >= 11 is 1.10. The third-order valence-corrected chi connectivity index (χ3v) is 11.2. The van der Waals surface area contributed by atoms with Crippen LogP contribution in [0, 0.1) is 24.0 Å². The monoisotopic (exact) mass is 763 g/mol. The van der Waals surface area contributed by atoms with Gasteiger partial charge < -0.3 is 14.4 Å². The number of ether oxygens (including phenoxy) is 2. The highest BCUT2D eigenvalue weighted by molar-refractivity contribution is 7.17. The van der Waals surface area contributed by atoms with Crippen LogP contribution in [-0.4, -0.2) is 68.4 Å². The zero-order valence-electron chi connectivity index (χ0n) is 29.9. The molecule has 2 fully saturated rings. The number of aryl methyl sites for hydroxylation is 1. The van der Waals surface area contributed by atoms with Crippen molar-refractivity contribution in [1.29, 1.82) is 0 Å². The number of likely N-dealkylation sites (tertiary alicyclic amines) is 1. The fourth-order valence-electron chi connectivity index (χ4n) is 7.57. The first-order valence-corrected chi connectivity index (χ1v) is 18.6. The van der Waals surface area contributed by atoms with Crippen LogP contribution < -0.4 is 20.3 Å². The number of fused-ring (bicyclic) bond motifs is 1. The van der Waals surface area contributed by atoms with Crippen molar-refractivity contribution >= 4 is 39.1 Å². The van der Waals surface area contributed by atoms with E-state index >= 15 is 4.39 Å². The number of hydrogen-bond acceptors (Lipinski definition) is 10. The number of carbonyl (C=O) groups is 2. The Balaban J connectivity index is 0.861. The summed E-state index contributed by atoms with van der Waals surface area (Å²) in [6.45, 7) is 2.76. The van der Waals surface area contributed by atoms with Gasteiger partial charge in [0.15, 0.2) is 0 Å². The standard InChI is InChI=1S/C40H35F2N7O5S/c1-22-15-28(29-18-24(41)8-10-34(29)53-2)31(21-43-22)35(50)44-38-47-48-39(55-38)54-25-19-40(20-25)11-13-49(14-12-40)37(52)30-16-23(7-9-32(30)42)17-33-26-5-3-4-6-27(26)36(51)46-45-33/h3-10,15-16,18,21,25H,11-14,17,19-20H2,1-2H3,(H,46,51)(H,44,47,50). The van der Waals surface area contributed by atoms with Crippen LogP contribution in [0.25, 0.3) is 21.9 Å². The van der Waals surface area contributed by atoms with E-state index in [-0.39, 0.29) is 39.2 Å². The highest BCUT2D eigenvalue weighted by atomic mass is 32.1. The van der Waals surface area contributed by atoms with Gasteiger partial charge >= 0.3 is 0 Å². The summed E-state index contributed by atoms with van der Waals surface area (Å²) in [6.07, 6.45) is 4.71. The van der Waals surface area contributed by atoms with Crippen LogP contribution in [0.4, 0.5) is 13.9 Å². The normalized spacial score (nSPS) is 15.2. The molecule has 55 heavy (non-hydrogen) atoms. The van der Waals surface area contributed by atoms with Gasteiger partial charge in [0.05, 0.1) is 29.3 Å². The highest BCUT2D eigenvalue weighted by Gasteiger charge is 2.48. The summed E-state index contributed by atoms with van der Waals surface area (Å²) in [7, 11) is 1.48. The van der Waals surface area contributed by atoms with E-state index in [1.807, 2.05) is 12.1 Å². The number of anilines is 1. The molecule has 4 heterocycles. The lowest BCUT2D eigenvalue weighted by Gasteiger charge is -2.51. The number of H-pyrrole nitrogens is 1. The van der Waals surface area contributed by atoms with Crippen molar-refractivity contribution in [3.63, 3.8) is 0 Å². The molecule has 1 aliphatic carbocycles. The number of aromatic nitrogens is 5. The lowest BCUT2D eigenvalue weighted by atomic mass is 9.61. The fraction of sp³-hybridized carbons (Fsp3) is 0.275. The van der Waals surface area contributed by atoms with Crippen LogP contribution >= 0.6 is 11.3 Å². The number of nitrogens with zero attached hydrogens (tertiary/aromatic N) is 5. The molecule has 0 unspecified atom stereocenters. The molecule has 3 aromatic carbocycles. The van der Waals surface area contributed by atoms with E-state index in [1.165, 1.54) is 37.6 Å². The minimum absolute atomic E-state index is 0.00728. The Bertz CT molecular complexity index is 2510. The van der Waals surface area contributed by atoms with Gasteiger partial charge in [0.1, 0.15) is 23.5 Å². The predicted octanol–water partition coefficient (Wildman–Crippen LogP) is 6.74. The number of aromatic amines is 1. The second-order valence-corrected chi connectivity index (χ2v) is 15.0. The van der Waals surface area contributed by atoms with Gasteiger partial charge in [0.25, 0.3) is 22.6 Å². The van der Waals surface area contributed by atoms with Crippen LogP contribution in [0.2, 0.25) is 0 Å². The zero-order chi connectivity index (χ0) is 38.3. The van der Waals surface area contributed by atoms with Gasteiger partial charge in [-0.15, -0.1) is 5.10 Å². The van der Waals surface area contributed by atoms with Gasteiger partial charge in [0.2, 0.25) is 5.13 Å². The lowest BCUT2D eigenvalue weighted by molar-refractivity contribution is -0.0511. The van der Waals surface area contributed by atoms with Crippen LogP contribution in [0.3, 0.4) is 0 Å². The van der Waals surface area contributed by atoms with E-state index in [1.54, 1.807) is 42.2 Å². The minimum Gasteiger partial charge on any atom is -0.496 e. The first kappa shape index (κ1) is 35.9. The Morgan fingerprint density at radius 3 is 2.55 bits per heavy atom. The molecule has 1 saturated carbocycles. The topological polar surface area (TPSA) is 152 Å². The van der Waals surface area contributed by atoms with E-state index in [2.05, 4.69) is 30.7 Å². The average Bonchev–Trinajstić information content (AvgIpc) is 3.62. The summed E-state index contributed by atoms with van der Waals surface area (Å²) in [5.74, 6) is -1.49. The molecule has 15 heteroatoms. The Morgan fingerprint density at radius 1 is 0.982 bits per heavy atom. The molecule has 0 atom stereocenters.